The molecule has 5 rings (SSSR count). The number of aromatic carboxylic acids is 2. The van der Waals surface area contributed by atoms with Crippen LogP contribution in [0.4, 0.5) is 0 Å². The molecule has 3 aromatic rings. The van der Waals surface area contributed by atoms with Gasteiger partial charge < -0.3 is 29.2 Å². The van der Waals surface area contributed by atoms with E-state index in [0.717, 1.165) is 34.2 Å². The van der Waals surface area contributed by atoms with Gasteiger partial charge in [0.05, 0.1) is 24.3 Å². The molecule has 0 amide bonds. The van der Waals surface area contributed by atoms with Crippen molar-refractivity contribution in [3.05, 3.63) is 70.3 Å². The molecule has 0 spiro atoms. The lowest BCUT2D eigenvalue weighted by atomic mass is 9.86. The van der Waals surface area contributed by atoms with E-state index in [1.54, 1.807) is 24.3 Å². The van der Waals surface area contributed by atoms with Crippen molar-refractivity contribution in [2.24, 2.45) is 0 Å². The average Bonchev–Trinajstić information content (AvgIpc) is 3.83. The number of epoxide rings is 2. The van der Waals surface area contributed by atoms with Gasteiger partial charge >= 0.3 is 11.9 Å². The van der Waals surface area contributed by atoms with Crippen LogP contribution < -0.4 is 9.47 Å². The van der Waals surface area contributed by atoms with Crippen molar-refractivity contribution in [2.75, 3.05) is 26.4 Å². The number of hydrogen-bond donors (Lipinski definition) is 2. The van der Waals surface area contributed by atoms with Crippen molar-refractivity contribution < 1.29 is 38.7 Å². The van der Waals surface area contributed by atoms with Crippen LogP contribution in [0.2, 0.25) is 0 Å². The minimum absolute atomic E-state index is 0.0742. The summed E-state index contributed by atoms with van der Waals surface area (Å²) < 4.78 is 22.4. The second kappa shape index (κ2) is 11.1. The second-order valence-corrected chi connectivity index (χ2v) is 9.99. The van der Waals surface area contributed by atoms with Crippen LogP contribution in [0.1, 0.15) is 50.8 Å². The lowest BCUT2D eigenvalue weighted by Gasteiger charge is -2.20. The lowest BCUT2D eigenvalue weighted by molar-refractivity contribution is 0.0686. The van der Waals surface area contributed by atoms with Crippen molar-refractivity contribution in [3.8, 4) is 33.8 Å². The van der Waals surface area contributed by atoms with Gasteiger partial charge in [0.2, 0.25) is 0 Å². The summed E-state index contributed by atoms with van der Waals surface area (Å²) >= 11 is 0. The molecule has 2 unspecified atom stereocenters. The van der Waals surface area contributed by atoms with Crippen LogP contribution in [-0.2, 0) is 15.9 Å². The smallest absolute Gasteiger partial charge is 0.336 e. The van der Waals surface area contributed by atoms with Gasteiger partial charge in [0, 0.05) is 11.1 Å². The Kier molecular flexibility index (Phi) is 7.59. The summed E-state index contributed by atoms with van der Waals surface area (Å²) in [4.78, 5) is 24.5. The fraction of sp³-hybridized carbons (Fsp3) is 0.355. The van der Waals surface area contributed by atoms with Gasteiger partial charge in [0.15, 0.2) is 0 Å². The number of carbonyl (C=O) groups is 2. The molecule has 3 aromatic carbocycles. The molecule has 0 saturated carbocycles. The van der Waals surface area contributed by atoms with Gasteiger partial charge in [-0.05, 0) is 72.4 Å². The van der Waals surface area contributed by atoms with E-state index in [0.29, 0.717) is 55.5 Å². The van der Waals surface area contributed by atoms with Gasteiger partial charge in [-0.15, -0.1) is 0 Å². The lowest BCUT2D eigenvalue weighted by Crippen LogP contribution is -2.09. The summed E-state index contributed by atoms with van der Waals surface area (Å²) in [6.07, 6.45) is 1.65. The highest BCUT2D eigenvalue weighted by atomic mass is 16.6. The number of hydrogen-bond acceptors (Lipinski definition) is 6. The SMILES string of the molecule is CCCc1cc(-c2c(C(=O)O)ccc(OCC3CO3)c2C)ccc1-c1c(C(=O)O)ccc(OCC2CO2)c1C. The standard InChI is InChI=1S/C31H32O8/c1-4-5-19-12-20(28-17(2)26(38-15-21-13-36-21)10-8-24(28)30(32)33)6-7-23(19)29-18(3)27(39-16-22-14-37-22)11-9-25(29)31(34)35/h6-12,21-22H,4-5,13-16H2,1-3H3,(H,32,33)(H,34,35). The van der Waals surface area contributed by atoms with Gasteiger partial charge in [-0.25, -0.2) is 9.59 Å². The number of rotatable bonds is 12. The first-order valence-corrected chi connectivity index (χ1v) is 13.1. The van der Waals surface area contributed by atoms with Gasteiger partial charge in [-0.3, -0.25) is 0 Å². The zero-order chi connectivity index (χ0) is 27.7. The summed E-state index contributed by atoms with van der Waals surface area (Å²) in [6.45, 7) is 7.93. The molecule has 0 bridgehead atoms. The molecule has 2 N–H and O–H groups in total. The van der Waals surface area contributed by atoms with Crippen LogP contribution in [-0.4, -0.2) is 60.8 Å². The summed E-state index contributed by atoms with van der Waals surface area (Å²) in [7, 11) is 0. The van der Waals surface area contributed by atoms with E-state index in [4.69, 9.17) is 18.9 Å². The van der Waals surface area contributed by atoms with Gasteiger partial charge in [0.25, 0.3) is 0 Å². The van der Waals surface area contributed by atoms with Crippen LogP contribution in [0, 0.1) is 13.8 Å². The highest BCUT2D eigenvalue weighted by Crippen LogP contribution is 2.40. The normalized spacial score (nSPS) is 17.5. The van der Waals surface area contributed by atoms with E-state index in [1.165, 1.54) is 0 Å². The van der Waals surface area contributed by atoms with Crippen LogP contribution in [0.25, 0.3) is 22.3 Å². The van der Waals surface area contributed by atoms with Crippen molar-refractivity contribution >= 4 is 11.9 Å². The third-order valence-electron chi connectivity index (χ3n) is 7.13. The highest BCUT2D eigenvalue weighted by molar-refractivity contribution is 6.00. The molecule has 204 valence electrons. The zero-order valence-corrected chi connectivity index (χ0v) is 22.3. The molecule has 2 atom stereocenters. The van der Waals surface area contributed by atoms with E-state index in [1.807, 2.05) is 32.0 Å². The van der Waals surface area contributed by atoms with Gasteiger partial charge in [-0.1, -0.05) is 31.5 Å². The Morgan fingerprint density at radius 3 is 1.82 bits per heavy atom. The monoisotopic (exact) mass is 532 g/mol. The first-order valence-electron chi connectivity index (χ1n) is 13.1. The van der Waals surface area contributed by atoms with Crippen molar-refractivity contribution in [1.29, 1.82) is 0 Å². The van der Waals surface area contributed by atoms with Crippen molar-refractivity contribution in [1.82, 2.24) is 0 Å². The molecule has 8 heteroatoms. The van der Waals surface area contributed by atoms with E-state index in [9.17, 15) is 19.8 Å². The minimum Gasteiger partial charge on any atom is -0.490 e. The van der Waals surface area contributed by atoms with E-state index in [2.05, 4.69) is 6.92 Å². The van der Waals surface area contributed by atoms with E-state index < -0.39 is 11.9 Å². The van der Waals surface area contributed by atoms with Gasteiger partial charge in [-0.2, -0.15) is 0 Å². The van der Waals surface area contributed by atoms with Crippen molar-refractivity contribution in [3.63, 3.8) is 0 Å². The predicted molar refractivity (Wildman–Crippen MR) is 145 cm³/mol. The number of carboxylic acid groups (broad SMARTS) is 2. The Hall–Kier alpha value is -3.88. The van der Waals surface area contributed by atoms with Crippen LogP contribution in [0.15, 0.2) is 42.5 Å². The third kappa shape index (κ3) is 5.77. The van der Waals surface area contributed by atoms with Crippen molar-refractivity contribution in [2.45, 2.75) is 45.8 Å². The fourth-order valence-corrected chi connectivity index (χ4v) is 4.94. The molecule has 8 nitrogen and oxygen atoms in total. The van der Waals surface area contributed by atoms with E-state index >= 15 is 0 Å². The molecule has 2 fully saturated rings. The topological polar surface area (TPSA) is 118 Å². The fourth-order valence-electron chi connectivity index (χ4n) is 4.94. The van der Waals surface area contributed by atoms with Gasteiger partial charge in [0.1, 0.15) is 36.9 Å². The molecular weight excluding hydrogens is 500 g/mol. The predicted octanol–water partition coefficient (Wildman–Crippen LogP) is 5.54. The molecule has 39 heavy (non-hydrogen) atoms. The molecule has 0 aromatic heterocycles. The summed E-state index contributed by atoms with van der Waals surface area (Å²) in [5.74, 6) is -0.823. The molecular formula is C31H32O8. The molecule has 0 aliphatic carbocycles. The molecule has 2 aliphatic rings. The molecule has 2 aliphatic heterocycles. The number of aryl methyl sites for hydroxylation is 1. The second-order valence-electron chi connectivity index (χ2n) is 9.99. The largest absolute Gasteiger partial charge is 0.490 e. The summed E-state index contributed by atoms with van der Waals surface area (Å²) in [5, 5.41) is 20.0. The Labute approximate surface area is 227 Å². The summed E-state index contributed by atoms with van der Waals surface area (Å²) in [6, 6.07) is 12.2. The minimum atomic E-state index is -1.03. The Morgan fingerprint density at radius 2 is 1.33 bits per heavy atom. The molecule has 2 saturated heterocycles. The highest BCUT2D eigenvalue weighted by Gasteiger charge is 2.27. The molecule has 2 heterocycles. The first kappa shape index (κ1) is 26.7. The zero-order valence-electron chi connectivity index (χ0n) is 22.3. The summed E-state index contributed by atoms with van der Waals surface area (Å²) in [5.41, 5.74) is 5.46. The number of carboxylic acids is 2. The average molecular weight is 533 g/mol. The molecule has 0 radical (unpaired) electrons. The van der Waals surface area contributed by atoms with Crippen LogP contribution in [0.3, 0.4) is 0 Å². The van der Waals surface area contributed by atoms with E-state index in [-0.39, 0.29) is 23.3 Å². The Balaban J connectivity index is 1.62. The van der Waals surface area contributed by atoms with Crippen LogP contribution >= 0.6 is 0 Å². The Morgan fingerprint density at radius 1 is 0.821 bits per heavy atom. The maximum atomic E-state index is 12.3. The quantitative estimate of drug-likeness (QED) is 0.292. The number of benzene rings is 3. The first-order chi connectivity index (χ1) is 18.8. The number of ether oxygens (including phenoxy) is 4. The maximum Gasteiger partial charge on any atom is 0.336 e. The third-order valence-corrected chi connectivity index (χ3v) is 7.13. The maximum absolute atomic E-state index is 12.3. The van der Waals surface area contributed by atoms with Crippen LogP contribution in [0.5, 0.6) is 11.5 Å². The Bertz CT molecular complexity index is 1420.